The Morgan fingerprint density at radius 3 is 2.60 bits per heavy atom. The van der Waals surface area contributed by atoms with Gasteiger partial charge in [-0.15, -0.1) is 0 Å². The molecule has 0 aliphatic heterocycles. The third-order valence-electron chi connectivity index (χ3n) is 4.47. The summed E-state index contributed by atoms with van der Waals surface area (Å²) in [5.74, 6) is -2.01. The van der Waals surface area contributed by atoms with Gasteiger partial charge in [-0.1, -0.05) is 19.3 Å². The molecule has 1 aliphatic rings. The predicted molar refractivity (Wildman–Crippen MR) is 88.9 cm³/mol. The molecule has 2 N–H and O–H groups in total. The molecule has 7 heteroatoms. The number of carbonyl (C=O) groups excluding carboxylic acids is 1. The molecule has 1 saturated carbocycles. The zero-order valence-corrected chi connectivity index (χ0v) is 14.3. The highest BCUT2D eigenvalue weighted by Gasteiger charge is 2.41. The topological polar surface area (TPSA) is 84.9 Å². The van der Waals surface area contributed by atoms with E-state index in [9.17, 15) is 19.1 Å². The van der Waals surface area contributed by atoms with Crippen LogP contribution in [0, 0.1) is 5.82 Å². The summed E-state index contributed by atoms with van der Waals surface area (Å²) in [7, 11) is 1.54. The number of hydrogen-bond donors (Lipinski definition) is 2. The lowest BCUT2D eigenvalue weighted by molar-refractivity contribution is -0.145. The molecule has 138 valence electrons. The summed E-state index contributed by atoms with van der Waals surface area (Å²) in [6.07, 6.45) is 3.29. The van der Waals surface area contributed by atoms with Crippen LogP contribution in [-0.2, 0) is 20.9 Å². The second kappa shape index (κ2) is 8.92. The van der Waals surface area contributed by atoms with Crippen molar-refractivity contribution in [1.29, 1.82) is 0 Å². The maximum absolute atomic E-state index is 13.9. The van der Waals surface area contributed by atoms with Gasteiger partial charge in [-0.3, -0.25) is 4.79 Å². The molecule has 0 unspecified atom stereocenters. The number of hydrogen-bond acceptors (Lipinski definition) is 4. The lowest BCUT2D eigenvalue weighted by Gasteiger charge is -2.34. The summed E-state index contributed by atoms with van der Waals surface area (Å²) in [5.41, 5.74) is -0.770. The number of halogens is 1. The maximum Gasteiger partial charge on any atom is 0.329 e. The van der Waals surface area contributed by atoms with Gasteiger partial charge in [-0.05, 0) is 31.0 Å². The zero-order valence-electron chi connectivity index (χ0n) is 14.3. The van der Waals surface area contributed by atoms with E-state index in [0.717, 1.165) is 19.3 Å². The lowest BCUT2D eigenvalue weighted by Crippen LogP contribution is -2.55. The van der Waals surface area contributed by atoms with Crippen LogP contribution in [-0.4, -0.2) is 42.8 Å². The van der Waals surface area contributed by atoms with E-state index in [1.165, 1.54) is 18.2 Å². The highest BCUT2D eigenvalue weighted by molar-refractivity contribution is 5.98. The second-order valence-electron chi connectivity index (χ2n) is 6.25. The van der Waals surface area contributed by atoms with Crippen molar-refractivity contribution in [1.82, 2.24) is 5.32 Å². The Hall–Kier alpha value is -1.99. The first kappa shape index (κ1) is 19.3. The average molecular weight is 353 g/mol. The number of nitrogens with one attached hydrogen (secondary N) is 1. The van der Waals surface area contributed by atoms with E-state index in [-0.39, 0.29) is 17.7 Å². The van der Waals surface area contributed by atoms with E-state index in [4.69, 9.17) is 9.47 Å². The Kier molecular flexibility index (Phi) is 6.90. The molecular formula is C18H24FNO5. The Morgan fingerprint density at radius 1 is 1.24 bits per heavy atom. The van der Waals surface area contributed by atoms with Gasteiger partial charge in [0.2, 0.25) is 0 Å². The van der Waals surface area contributed by atoms with E-state index in [2.05, 4.69) is 5.32 Å². The molecule has 1 amide bonds. The molecule has 0 heterocycles. The zero-order chi connectivity index (χ0) is 18.3. The Balaban J connectivity index is 2.09. The van der Waals surface area contributed by atoms with Crippen molar-refractivity contribution in [3.8, 4) is 0 Å². The number of aliphatic carboxylic acids is 1. The van der Waals surface area contributed by atoms with Gasteiger partial charge in [-0.2, -0.15) is 0 Å². The van der Waals surface area contributed by atoms with E-state index < -0.39 is 23.2 Å². The fraction of sp³-hybridized carbons (Fsp3) is 0.556. The lowest BCUT2D eigenvalue weighted by atomic mass is 9.81. The first-order valence-corrected chi connectivity index (χ1v) is 8.39. The summed E-state index contributed by atoms with van der Waals surface area (Å²) >= 11 is 0. The fourth-order valence-electron chi connectivity index (χ4n) is 2.99. The SMILES string of the molecule is COCCOCc1cc(C(=O)NC2(C(=O)O)CCCCC2)ccc1F. The van der Waals surface area contributed by atoms with E-state index in [1.807, 2.05) is 0 Å². The second-order valence-corrected chi connectivity index (χ2v) is 6.25. The number of rotatable bonds is 8. The molecule has 0 aromatic heterocycles. The highest BCUT2D eigenvalue weighted by atomic mass is 19.1. The maximum atomic E-state index is 13.9. The van der Waals surface area contributed by atoms with Crippen molar-refractivity contribution in [3.05, 3.63) is 35.1 Å². The average Bonchev–Trinajstić information content (AvgIpc) is 2.60. The van der Waals surface area contributed by atoms with E-state index in [0.29, 0.717) is 26.1 Å². The number of carbonyl (C=O) groups is 2. The van der Waals surface area contributed by atoms with Gasteiger partial charge in [-0.25, -0.2) is 9.18 Å². The normalized spacial score (nSPS) is 16.4. The first-order valence-electron chi connectivity index (χ1n) is 8.39. The number of carboxylic acid groups (broad SMARTS) is 1. The van der Waals surface area contributed by atoms with E-state index >= 15 is 0 Å². The molecule has 1 aromatic rings. The van der Waals surface area contributed by atoms with Crippen molar-refractivity contribution in [3.63, 3.8) is 0 Å². The summed E-state index contributed by atoms with van der Waals surface area (Å²) in [6.45, 7) is 0.720. The van der Waals surface area contributed by atoms with Crippen LogP contribution in [0.3, 0.4) is 0 Å². The number of carboxylic acids is 1. The number of benzene rings is 1. The molecule has 0 bridgehead atoms. The van der Waals surface area contributed by atoms with Crippen molar-refractivity contribution in [2.45, 2.75) is 44.2 Å². The molecule has 25 heavy (non-hydrogen) atoms. The van der Waals surface area contributed by atoms with Crippen LogP contribution >= 0.6 is 0 Å². The Morgan fingerprint density at radius 2 is 1.96 bits per heavy atom. The number of ether oxygens (including phenoxy) is 2. The fourth-order valence-corrected chi connectivity index (χ4v) is 2.99. The number of amides is 1. The minimum absolute atomic E-state index is 0.0143. The molecule has 1 aliphatic carbocycles. The van der Waals surface area contributed by atoms with Crippen LogP contribution in [0.15, 0.2) is 18.2 Å². The van der Waals surface area contributed by atoms with Crippen LogP contribution in [0.25, 0.3) is 0 Å². The van der Waals surface area contributed by atoms with Crippen LogP contribution in [0.5, 0.6) is 0 Å². The summed E-state index contributed by atoms with van der Waals surface area (Å²) in [4.78, 5) is 24.2. The van der Waals surface area contributed by atoms with Crippen molar-refractivity contribution >= 4 is 11.9 Å². The van der Waals surface area contributed by atoms with Gasteiger partial charge in [0, 0.05) is 18.2 Å². The molecule has 1 fully saturated rings. The third-order valence-corrected chi connectivity index (χ3v) is 4.47. The van der Waals surface area contributed by atoms with Gasteiger partial charge in [0.15, 0.2) is 0 Å². The molecule has 2 rings (SSSR count). The molecule has 1 aromatic carbocycles. The van der Waals surface area contributed by atoms with Gasteiger partial charge >= 0.3 is 5.97 Å². The van der Waals surface area contributed by atoms with Gasteiger partial charge in [0.1, 0.15) is 11.4 Å². The smallest absolute Gasteiger partial charge is 0.329 e. The highest BCUT2D eigenvalue weighted by Crippen LogP contribution is 2.29. The Labute approximate surface area is 146 Å². The minimum Gasteiger partial charge on any atom is -0.480 e. The van der Waals surface area contributed by atoms with E-state index in [1.54, 1.807) is 7.11 Å². The van der Waals surface area contributed by atoms with Crippen molar-refractivity contribution < 1.29 is 28.6 Å². The monoisotopic (exact) mass is 353 g/mol. The summed E-state index contributed by atoms with van der Waals surface area (Å²) in [6, 6.07) is 3.94. The van der Waals surface area contributed by atoms with Crippen LogP contribution in [0.4, 0.5) is 4.39 Å². The van der Waals surface area contributed by atoms with Gasteiger partial charge < -0.3 is 19.9 Å². The van der Waals surface area contributed by atoms with Crippen LogP contribution < -0.4 is 5.32 Å². The molecule has 0 radical (unpaired) electrons. The minimum atomic E-state index is -1.24. The molecular weight excluding hydrogens is 329 g/mol. The summed E-state index contributed by atoms with van der Waals surface area (Å²) in [5, 5.41) is 12.2. The standard InChI is InChI=1S/C18H24FNO5/c1-24-9-10-25-12-14-11-13(5-6-15(14)19)16(21)20-18(17(22)23)7-3-2-4-8-18/h5-6,11H,2-4,7-10,12H2,1H3,(H,20,21)(H,22,23). The van der Waals surface area contributed by atoms with Gasteiger partial charge in [0.05, 0.1) is 19.8 Å². The molecule has 0 saturated heterocycles. The third kappa shape index (κ3) is 4.99. The molecule has 0 atom stereocenters. The van der Waals surface area contributed by atoms with Crippen LogP contribution in [0.2, 0.25) is 0 Å². The first-order chi connectivity index (χ1) is 12.0. The van der Waals surface area contributed by atoms with Gasteiger partial charge in [0.25, 0.3) is 5.91 Å². The van der Waals surface area contributed by atoms with Crippen molar-refractivity contribution in [2.75, 3.05) is 20.3 Å². The van der Waals surface area contributed by atoms with Crippen molar-refractivity contribution in [2.24, 2.45) is 0 Å². The number of methoxy groups -OCH3 is 1. The Bertz CT molecular complexity index is 613. The predicted octanol–water partition coefficient (Wildman–Crippen LogP) is 2.51. The summed E-state index contributed by atoms with van der Waals surface area (Å²) < 4.78 is 24.0. The largest absolute Gasteiger partial charge is 0.480 e. The quantitative estimate of drug-likeness (QED) is 0.702. The van der Waals surface area contributed by atoms with Crippen LogP contribution in [0.1, 0.15) is 48.0 Å². The molecule has 6 nitrogen and oxygen atoms in total. The molecule has 0 spiro atoms.